The lowest BCUT2D eigenvalue weighted by Gasteiger charge is -2.15. The van der Waals surface area contributed by atoms with E-state index in [-0.39, 0.29) is 23.4 Å². The molecule has 0 amide bonds. The van der Waals surface area contributed by atoms with Crippen LogP contribution in [0.2, 0.25) is 0 Å². The van der Waals surface area contributed by atoms with Gasteiger partial charge in [0.1, 0.15) is 11.6 Å². The zero-order valence-corrected chi connectivity index (χ0v) is 16.3. The van der Waals surface area contributed by atoms with Gasteiger partial charge in [-0.05, 0) is 42.3 Å². The minimum Gasteiger partial charge on any atom is -0.497 e. The Morgan fingerprint density at radius 3 is 2.82 bits per heavy atom. The van der Waals surface area contributed by atoms with Crippen molar-refractivity contribution in [2.24, 2.45) is 0 Å². The van der Waals surface area contributed by atoms with E-state index in [9.17, 15) is 12.8 Å². The zero-order valence-electron chi connectivity index (χ0n) is 15.5. The van der Waals surface area contributed by atoms with Crippen molar-refractivity contribution in [3.63, 3.8) is 0 Å². The topological polar surface area (TPSA) is 68.3 Å². The molecule has 1 atom stereocenters. The van der Waals surface area contributed by atoms with E-state index in [0.717, 1.165) is 22.2 Å². The van der Waals surface area contributed by atoms with Gasteiger partial charge in [0.2, 0.25) is 0 Å². The fourth-order valence-corrected chi connectivity index (χ4v) is 5.26. The average Bonchev–Trinajstić information content (AvgIpc) is 3.04. The molecule has 0 aliphatic carbocycles. The van der Waals surface area contributed by atoms with Crippen molar-refractivity contribution in [2.75, 3.05) is 18.6 Å². The third-order valence-corrected chi connectivity index (χ3v) is 6.78. The molecule has 4 rings (SSSR count). The number of nitrogens with zero attached hydrogens (tertiary/aromatic N) is 1. The fraction of sp³-hybridized carbons (Fsp3) is 0.286. The number of hydrogen-bond acceptors (Lipinski definition) is 5. The van der Waals surface area contributed by atoms with Gasteiger partial charge in [0, 0.05) is 29.6 Å². The first-order valence-corrected chi connectivity index (χ1v) is 10.9. The molecule has 2 aromatic carbocycles. The van der Waals surface area contributed by atoms with Crippen molar-refractivity contribution >= 4 is 20.7 Å². The molecular formula is C21H21FN2O3S. The molecule has 1 fully saturated rings. The summed E-state index contributed by atoms with van der Waals surface area (Å²) in [5.74, 6) is 0.758. The third kappa shape index (κ3) is 4.00. The molecule has 0 unspecified atom stereocenters. The van der Waals surface area contributed by atoms with Crippen molar-refractivity contribution < 1.29 is 17.5 Å². The number of aromatic nitrogens is 1. The molecule has 1 aromatic heterocycles. The van der Waals surface area contributed by atoms with Gasteiger partial charge < -0.3 is 10.1 Å². The summed E-state index contributed by atoms with van der Waals surface area (Å²) in [6.07, 6.45) is 0.614. The van der Waals surface area contributed by atoms with Crippen molar-refractivity contribution in [3.05, 3.63) is 59.9 Å². The Bertz CT molecular complexity index is 1130. The van der Waals surface area contributed by atoms with Gasteiger partial charge in [0.15, 0.2) is 9.84 Å². The average molecular weight is 400 g/mol. The van der Waals surface area contributed by atoms with E-state index in [4.69, 9.17) is 9.72 Å². The number of pyridine rings is 1. The molecule has 28 heavy (non-hydrogen) atoms. The van der Waals surface area contributed by atoms with Crippen LogP contribution in [-0.2, 0) is 16.4 Å². The number of rotatable bonds is 5. The SMILES string of the molecule is COc1cccc(-c2nc3cc(F)ccc3cc2CN[C@@H]2CCS(=O)(=O)C2)c1. The summed E-state index contributed by atoms with van der Waals surface area (Å²) < 4.78 is 42.4. The minimum atomic E-state index is -2.95. The van der Waals surface area contributed by atoms with Crippen LogP contribution in [0.25, 0.3) is 22.2 Å². The lowest BCUT2D eigenvalue weighted by molar-refractivity contribution is 0.415. The summed E-state index contributed by atoms with van der Waals surface area (Å²) in [7, 11) is -1.34. The van der Waals surface area contributed by atoms with Crippen LogP contribution in [0, 0.1) is 5.82 Å². The molecule has 5 nitrogen and oxygen atoms in total. The lowest BCUT2D eigenvalue weighted by Crippen LogP contribution is -2.29. The summed E-state index contributed by atoms with van der Waals surface area (Å²) >= 11 is 0. The maximum absolute atomic E-state index is 13.7. The summed E-state index contributed by atoms with van der Waals surface area (Å²) in [5, 5.41) is 4.18. The molecular weight excluding hydrogens is 379 g/mol. The molecule has 0 bridgehead atoms. The van der Waals surface area contributed by atoms with Crippen molar-refractivity contribution in [1.82, 2.24) is 10.3 Å². The zero-order chi connectivity index (χ0) is 19.7. The molecule has 1 aliphatic rings. The van der Waals surface area contributed by atoms with Crippen LogP contribution in [0.1, 0.15) is 12.0 Å². The Labute approximate surface area is 163 Å². The quantitative estimate of drug-likeness (QED) is 0.712. The highest BCUT2D eigenvalue weighted by Gasteiger charge is 2.27. The Balaban J connectivity index is 1.73. The number of halogens is 1. The van der Waals surface area contributed by atoms with E-state index in [0.29, 0.717) is 24.2 Å². The second-order valence-corrected chi connectivity index (χ2v) is 9.27. The van der Waals surface area contributed by atoms with Gasteiger partial charge in [-0.3, -0.25) is 0 Å². The maximum Gasteiger partial charge on any atom is 0.151 e. The van der Waals surface area contributed by atoms with E-state index in [1.807, 2.05) is 30.3 Å². The predicted octanol–water partition coefficient (Wildman–Crippen LogP) is 3.33. The molecule has 3 aromatic rings. The first-order chi connectivity index (χ1) is 13.4. The molecule has 1 aliphatic heterocycles. The molecule has 2 heterocycles. The summed E-state index contributed by atoms with van der Waals surface area (Å²) in [4.78, 5) is 4.70. The van der Waals surface area contributed by atoms with Gasteiger partial charge in [-0.25, -0.2) is 17.8 Å². The highest BCUT2D eigenvalue weighted by Crippen LogP contribution is 2.29. The largest absolute Gasteiger partial charge is 0.497 e. The van der Waals surface area contributed by atoms with Crippen LogP contribution in [0.15, 0.2) is 48.5 Å². The van der Waals surface area contributed by atoms with Crippen LogP contribution in [-0.4, -0.2) is 38.1 Å². The normalized spacial score (nSPS) is 18.4. The lowest BCUT2D eigenvalue weighted by atomic mass is 10.0. The van der Waals surface area contributed by atoms with Crippen LogP contribution in [0.4, 0.5) is 4.39 Å². The van der Waals surface area contributed by atoms with Gasteiger partial charge >= 0.3 is 0 Å². The van der Waals surface area contributed by atoms with Gasteiger partial charge in [-0.2, -0.15) is 0 Å². The first kappa shape index (κ1) is 18.8. The number of fused-ring (bicyclic) bond motifs is 1. The Hall–Kier alpha value is -2.51. The Kier molecular flexibility index (Phi) is 5.03. The second kappa shape index (κ2) is 7.48. The Morgan fingerprint density at radius 2 is 2.07 bits per heavy atom. The van der Waals surface area contributed by atoms with Crippen LogP contribution >= 0.6 is 0 Å². The third-order valence-electron chi connectivity index (χ3n) is 5.02. The van der Waals surface area contributed by atoms with E-state index in [1.165, 1.54) is 12.1 Å². The van der Waals surface area contributed by atoms with Gasteiger partial charge in [0.05, 0.1) is 29.8 Å². The molecule has 146 valence electrons. The second-order valence-electron chi connectivity index (χ2n) is 7.05. The number of benzene rings is 2. The predicted molar refractivity (Wildman–Crippen MR) is 108 cm³/mol. The highest BCUT2D eigenvalue weighted by molar-refractivity contribution is 7.91. The number of methoxy groups -OCH3 is 1. The monoisotopic (exact) mass is 400 g/mol. The highest BCUT2D eigenvalue weighted by atomic mass is 32.2. The smallest absolute Gasteiger partial charge is 0.151 e. The molecule has 1 saturated heterocycles. The standard InChI is InChI=1S/C21H21FN2O3S/c1-27-19-4-2-3-15(10-19)21-16(12-23-18-7-8-28(25,26)13-18)9-14-5-6-17(22)11-20(14)24-21/h2-6,9-11,18,23H,7-8,12-13H2,1H3/t18-/m1/s1. The number of sulfone groups is 1. The first-order valence-electron chi connectivity index (χ1n) is 9.11. The van der Waals surface area contributed by atoms with E-state index >= 15 is 0 Å². The fourth-order valence-electron chi connectivity index (χ4n) is 3.55. The van der Waals surface area contributed by atoms with E-state index in [1.54, 1.807) is 13.2 Å². The van der Waals surface area contributed by atoms with Crippen molar-refractivity contribution in [3.8, 4) is 17.0 Å². The van der Waals surface area contributed by atoms with Crippen LogP contribution in [0.3, 0.4) is 0 Å². The molecule has 0 radical (unpaired) electrons. The molecule has 7 heteroatoms. The van der Waals surface area contributed by atoms with Gasteiger partial charge in [-0.15, -0.1) is 0 Å². The summed E-state index contributed by atoms with van der Waals surface area (Å²) in [5.41, 5.74) is 3.09. The van der Waals surface area contributed by atoms with Crippen molar-refractivity contribution in [2.45, 2.75) is 19.0 Å². The van der Waals surface area contributed by atoms with Crippen molar-refractivity contribution in [1.29, 1.82) is 0 Å². The summed E-state index contributed by atoms with van der Waals surface area (Å²) in [6.45, 7) is 0.479. The van der Waals surface area contributed by atoms with E-state index in [2.05, 4.69) is 5.32 Å². The van der Waals surface area contributed by atoms with E-state index < -0.39 is 9.84 Å². The molecule has 1 N–H and O–H groups in total. The number of ether oxygens (including phenoxy) is 1. The van der Waals surface area contributed by atoms with Gasteiger partial charge in [-0.1, -0.05) is 12.1 Å². The maximum atomic E-state index is 13.7. The Morgan fingerprint density at radius 1 is 1.21 bits per heavy atom. The minimum absolute atomic E-state index is 0.0629. The van der Waals surface area contributed by atoms with Gasteiger partial charge in [0.25, 0.3) is 0 Å². The molecule has 0 spiro atoms. The number of hydrogen-bond donors (Lipinski definition) is 1. The number of nitrogens with one attached hydrogen (secondary N) is 1. The van der Waals surface area contributed by atoms with Crippen LogP contribution < -0.4 is 10.1 Å². The van der Waals surface area contributed by atoms with Crippen LogP contribution in [0.5, 0.6) is 5.75 Å². The molecule has 0 saturated carbocycles. The summed E-state index contributed by atoms with van der Waals surface area (Å²) in [6, 6.07) is 14.0.